The lowest BCUT2D eigenvalue weighted by molar-refractivity contribution is -0.127. The number of ketones is 1. The zero-order valence-corrected chi connectivity index (χ0v) is 13.6. The van der Waals surface area contributed by atoms with Gasteiger partial charge in [0.2, 0.25) is 0 Å². The minimum absolute atomic E-state index is 0.225. The lowest BCUT2D eigenvalue weighted by Crippen LogP contribution is -2.56. The number of allylic oxidation sites excluding steroid dienone is 2. The van der Waals surface area contributed by atoms with Crippen molar-refractivity contribution in [1.29, 1.82) is 0 Å². The highest BCUT2D eigenvalue weighted by Gasteiger charge is 2.58. The number of carbonyl (C=O) groups excluding carboxylic acids is 1. The molecule has 2 heteroatoms. The predicted octanol–water partition coefficient (Wildman–Crippen LogP) is 3.59. The second kappa shape index (κ2) is 4.44. The molecule has 0 spiro atoms. The second-order valence-corrected chi connectivity index (χ2v) is 8.52. The second-order valence-electron chi connectivity index (χ2n) is 8.52. The Morgan fingerprint density at radius 3 is 2.71 bits per heavy atom. The van der Waals surface area contributed by atoms with Gasteiger partial charge in [-0.25, -0.2) is 5.32 Å². The van der Waals surface area contributed by atoms with Crippen molar-refractivity contribution in [3.8, 4) is 0 Å². The van der Waals surface area contributed by atoms with Gasteiger partial charge in [0.1, 0.15) is 0 Å². The molecule has 115 valence electrons. The Morgan fingerprint density at radius 1 is 1.10 bits per heavy atom. The first-order chi connectivity index (χ1) is 9.96. The lowest BCUT2D eigenvalue weighted by atomic mass is 9.46. The Labute approximate surface area is 128 Å². The first kappa shape index (κ1) is 14.0. The molecule has 1 radical (unpaired) electrons. The molecule has 4 aliphatic rings. The number of fused-ring (bicyclic) bond motifs is 5. The zero-order chi connectivity index (χ0) is 14.8. The zero-order valence-electron chi connectivity index (χ0n) is 13.6. The molecule has 1 saturated heterocycles. The van der Waals surface area contributed by atoms with Crippen LogP contribution >= 0.6 is 0 Å². The standard InChI is InChI=1S/C19H28NO/c1-12-14-5-4-13-15(18(14,2)9-7-17(12)21)6-10-19(3)16(13)8-11-20-19/h7,9,12-16H,4-6,8,10-11H2,1-3H3/t12?,13-,14?,15-,16+,18+,19+/m1/s1. The van der Waals surface area contributed by atoms with E-state index in [1.807, 2.05) is 6.08 Å². The van der Waals surface area contributed by atoms with E-state index in [0.29, 0.717) is 11.7 Å². The third-order valence-electron chi connectivity index (χ3n) is 7.77. The molecule has 2 nitrogen and oxygen atoms in total. The fourth-order valence-electron chi connectivity index (χ4n) is 6.55. The Hall–Kier alpha value is -0.630. The van der Waals surface area contributed by atoms with Crippen molar-refractivity contribution in [1.82, 2.24) is 5.32 Å². The van der Waals surface area contributed by atoms with Gasteiger partial charge in [-0.05, 0) is 74.2 Å². The molecule has 0 aromatic carbocycles. The highest BCUT2D eigenvalue weighted by atomic mass is 16.1. The molecule has 21 heavy (non-hydrogen) atoms. The van der Waals surface area contributed by atoms with Crippen LogP contribution < -0.4 is 5.32 Å². The van der Waals surface area contributed by atoms with Gasteiger partial charge >= 0.3 is 0 Å². The molecule has 0 aromatic heterocycles. The van der Waals surface area contributed by atoms with Crippen molar-refractivity contribution in [3.63, 3.8) is 0 Å². The maximum Gasteiger partial charge on any atom is 0.158 e. The van der Waals surface area contributed by atoms with Gasteiger partial charge in [-0.2, -0.15) is 0 Å². The van der Waals surface area contributed by atoms with Gasteiger partial charge in [0.15, 0.2) is 5.78 Å². The summed E-state index contributed by atoms with van der Waals surface area (Å²) in [4.78, 5) is 12.1. The minimum atomic E-state index is 0.225. The van der Waals surface area contributed by atoms with Gasteiger partial charge in [0.05, 0.1) is 0 Å². The van der Waals surface area contributed by atoms with Crippen molar-refractivity contribution >= 4 is 5.78 Å². The van der Waals surface area contributed by atoms with Crippen LogP contribution in [0, 0.1) is 35.0 Å². The van der Waals surface area contributed by atoms with E-state index in [9.17, 15) is 4.79 Å². The van der Waals surface area contributed by atoms with Gasteiger partial charge in [0, 0.05) is 18.0 Å². The number of hydrogen-bond acceptors (Lipinski definition) is 1. The summed E-state index contributed by atoms with van der Waals surface area (Å²) in [6, 6.07) is 0. The SMILES string of the molecule is CC1C(=O)C=C[C@@]2(C)C1CC[C@@H]1[C@H]2CC[C@]2(C)[N]CC[C@@H]12. The van der Waals surface area contributed by atoms with E-state index in [1.54, 1.807) is 0 Å². The molecule has 2 saturated carbocycles. The molecule has 2 unspecified atom stereocenters. The van der Waals surface area contributed by atoms with Crippen LogP contribution in [0.2, 0.25) is 0 Å². The van der Waals surface area contributed by atoms with E-state index in [0.717, 1.165) is 24.3 Å². The van der Waals surface area contributed by atoms with Gasteiger partial charge in [-0.3, -0.25) is 4.79 Å². The van der Waals surface area contributed by atoms with Crippen LogP contribution in [0.3, 0.4) is 0 Å². The fourth-order valence-corrected chi connectivity index (χ4v) is 6.55. The van der Waals surface area contributed by atoms with E-state index < -0.39 is 0 Å². The van der Waals surface area contributed by atoms with E-state index in [4.69, 9.17) is 5.32 Å². The predicted molar refractivity (Wildman–Crippen MR) is 83.9 cm³/mol. The summed E-state index contributed by atoms with van der Waals surface area (Å²) in [6.07, 6.45) is 10.6. The van der Waals surface area contributed by atoms with Crippen LogP contribution in [0.4, 0.5) is 0 Å². The smallest absolute Gasteiger partial charge is 0.158 e. The van der Waals surface area contributed by atoms with Crippen molar-refractivity contribution in [3.05, 3.63) is 12.2 Å². The monoisotopic (exact) mass is 286 g/mol. The van der Waals surface area contributed by atoms with Crippen LogP contribution in [-0.4, -0.2) is 17.9 Å². The highest BCUT2D eigenvalue weighted by Crippen LogP contribution is 2.61. The highest BCUT2D eigenvalue weighted by molar-refractivity contribution is 5.92. The summed E-state index contributed by atoms with van der Waals surface area (Å²) in [6.45, 7) is 8.09. The number of nitrogens with zero attached hydrogens (tertiary/aromatic N) is 1. The Kier molecular flexibility index (Phi) is 2.96. The summed E-state index contributed by atoms with van der Waals surface area (Å²) in [5.74, 6) is 3.56. The molecule has 7 atom stereocenters. The first-order valence-corrected chi connectivity index (χ1v) is 8.87. The van der Waals surface area contributed by atoms with Crippen LogP contribution in [-0.2, 0) is 4.79 Å². The normalized spacial score (nSPS) is 55.8. The Morgan fingerprint density at radius 2 is 1.90 bits per heavy atom. The third-order valence-corrected chi connectivity index (χ3v) is 7.77. The van der Waals surface area contributed by atoms with Crippen LogP contribution in [0.15, 0.2) is 12.2 Å². The quantitative estimate of drug-likeness (QED) is 0.669. The summed E-state index contributed by atoms with van der Waals surface area (Å²) < 4.78 is 0. The third kappa shape index (κ3) is 1.78. The topological polar surface area (TPSA) is 31.2 Å². The molecule has 0 bridgehead atoms. The van der Waals surface area contributed by atoms with E-state index in [1.165, 1.54) is 32.1 Å². The molecule has 4 rings (SSSR count). The van der Waals surface area contributed by atoms with Crippen LogP contribution in [0.1, 0.15) is 52.9 Å². The number of hydrogen-bond donors (Lipinski definition) is 0. The largest absolute Gasteiger partial charge is 0.295 e. The first-order valence-electron chi connectivity index (χ1n) is 8.87. The van der Waals surface area contributed by atoms with Crippen molar-refractivity contribution in [2.24, 2.45) is 35.0 Å². The molecule has 3 aliphatic carbocycles. The van der Waals surface area contributed by atoms with Crippen molar-refractivity contribution in [2.45, 2.75) is 58.4 Å². The van der Waals surface area contributed by atoms with Crippen molar-refractivity contribution in [2.75, 3.05) is 6.54 Å². The summed E-state index contributed by atoms with van der Waals surface area (Å²) in [7, 11) is 0. The summed E-state index contributed by atoms with van der Waals surface area (Å²) >= 11 is 0. The summed E-state index contributed by atoms with van der Waals surface area (Å²) in [5, 5.41) is 4.96. The van der Waals surface area contributed by atoms with Gasteiger partial charge in [-0.1, -0.05) is 19.9 Å². The molecule has 1 aliphatic heterocycles. The number of carbonyl (C=O) groups is 1. The Balaban J connectivity index is 1.70. The van der Waals surface area contributed by atoms with E-state index >= 15 is 0 Å². The molecule has 3 fully saturated rings. The lowest BCUT2D eigenvalue weighted by Gasteiger charge is -2.58. The molecule has 0 N–H and O–H groups in total. The fraction of sp³-hybridized carbons (Fsp3) is 0.842. The maximum atomic E-state index is 12.1. The van der Waals surface area contributed by atoms with Crippen molar-refractivity contribution < 1.29 is 4.79 Å². The van der Waals surface area contributed by atoms with E-state index in [2.05, 4.69) is 26.8 Å². The Bertz CT molecular complexity index is 498. The number of rotatable bonds is 0. The molecule has 0 amide bonds. The maximum absolute atomic E-state index is 12.1. The van der Waals surface area contributed by atoms with Gasteiger partial charge in [0.25, 0.3) is 0 Å². The van der Waals surface area contributed by atoms with Crippen LogP contribution in [0.25, 0.3) is 0 Å². The summed E-state index contributed by atoms with van der Waals surface area (Å²) in [5.41, 5.74) is 0.518. The molecular weight excluding hydrogens is 258 g/mol. The van der Waals surface area contributed by atoms with Gasteiger partial charge < -0.3 is 0 Å². The average Bonchev–Trinajstić information content (AvgIpc) is 2.85. The molecular formula is C19H28NO. The minimum Gasteiger partial charge on any atom is -0.295 e. The van der Waals surface area contributed by atoms with Crippen LogP contribution in [0.5, 0.6) is 0 Å². The molecule has 0 aromatic rings. The van der Waals surface area contributed by atoms with E-state index in [-0.39, 0.29) is 16.9 Å². The molecule has 1 heterocycles. The van der Waals surface area contributed by atoms with Gasteiger partial charge in [-0.15, -0.1) is 0 Å². The average molecular weight is 286 g/mol.